The van der Waals surface area contributed by atoms with E-state index in [9.17, 15) is 9.18 Å². The summed E-state index contributed by atoms with van der Waals surface area (Å²) in [6.45, 7) is 4.00. The van der Waals surface area contributed by atoms with Gasteiger partial charge in [0, 0.05) is 5.56 Å². The van der Waals surface area contributed by atoms with E-state index in [2.05, 4.69) is 0 Å². The third-order valence-electron chi connectivity index (χ3n) is 1.30. The first-order valence-corrected chi connectivity index (χ1v) is 4.35. The van der Waals surface area contributed by atoms with Gasteiger partial charge < -0.3 is 5.11 Å². The van der Waals surface area contributed by atoms with Crippen LogP contribution in [0, 0.1) is 0 Å². The van der Waals surface area contributed by atoms with Crippen molar-refractivity contribution in [3.05, 3.63) is 42.0 Å². The van der Waals surface area contributed by atoms with E-state index >= 15 is 0 Å². The topological polar surface area (TPSA) is 37.3 Å². The molecule has 1 rings (SSSR count). The predicted molar refractivity (Wildman–Crippen MR) is 54.5 cm³/mol. The molecule has 0 aliphatic carbocycles. The van der Waals surface area contributed by atoms with Crippen LogP contribution >= 0.6 is 0 Å². The van der Waals surface area contributed by atoms with Crippen LogP contribution in [0.1, 0.15) is 19.4 Å². The maximum absolute atomic E-state index is 12.9. The normalized spacial score (nSPS) is 10.1. The van der Waals surface area contributed by atoms with Gasteiger partial charge >= 0.3 is 5.97 Å². The Morgan fingerprint density at radius 1 is 1.29 bits per heavy atom. The molecule has 0 saturated heterocycles. The van der Waals surface area contributed by atoms with Crippen molar-refractivity contribution >= 4 is 11.8 Å². The lowest BCUT2D eigenvalue weighted by molar-refractivity contribution is -0.131. The summed E-state index contributed by atoms with van der Waals surface area (Å²) < 4.78 is 12.9. The molecule has 76 valence electrons. The van der Waals surface area contributed by atoms with Crippen LogP contribution in [-0.2, 0) is 4.79 Å². The van der Waals surface area contributed by atoms with E-state index in [4.69, 9.17) is 5.11 Å². The molecule has 0 aromatic heterocycles. The van der Waals surface area contributed by atoms with Gasteiger partial charge in [-0.15, -0.1) is 0 Å². The average Bonchev–Trinajstić information content (AvgIpc) is 2.21. The van der Waals surface area contributed by atoms with Crippen LogP contribution in [0.25, 0.3) is 5.83 Å². The number of aliphatic carboxylic acids is 1. The highest BCUT2D eigenvalue weighted by molar-refractivity contribution is 5.87. The molecule has 0 bridgehead atoms. The van der Waals surface area contributed by atoms with Crippen LogP contribution in [0.3, 0.4) is 0 Å². The van der Waals surface area contributed by atoms with Crippen LogP contribution in [0.15, 0.2) is 36.4 Å². The Kier molecular flexibility index (Phi) is 6.03. The Morgan fingerprint density at radius 2 is 1.79 bits per heavy atom. The Balaban J connectivity index is 0.000000791. The van der Waals surface area contributed by atoms with Gasteiger partial charge in [0.05, 0.1) is 6.08 Å². The van der Waals surface area contributed by atoms with Crippen molar-refractivity contribution in [2.45, 2.75) is 13.8 Å². The van der Waals surface area contributed by atoms with Gasteiger partial charge in [-0.05, 0) is 0 Å². The highest BCUT2D eigenvalue weighted by Crippen LogP contribution is 2.14. The first kappa shape index (κ1) is 12.4. The standard InChI is InChI=1S/C9H7FO2.C2H6/c10-8(6-9(11)12)7-4-2-1-3-5-7;1-2/h1-6H,(H,11,12);1-2H3. The number of carbonyl (C=O) groups is 1. The molecule has 0 amide bonds. The SMILES string of the molecule is CC.O=C(O)C=C(F)c1ccccc1. The molecule has 0 atom stereocenters. The van der Waals surface area contributed by atoms with E-state index in [0.717, 1.165) is 0 Å². The van der Waals surface area contributed by atoms with Crippen molar-refractivity contribution in [2.75, 3.05) is 0 Å². The minimum Gasteiger partial charge on any atom is -0.478 e. The van der Waals surface area contributed by atoms with E-state index in [1.54, 1.807) is 18.2 Å². The molecule has 1 aromatic rings. The largest absolute Gasteiger partial charge is 0.478 e. The fraction of sp³-hybridized carbons (Fsp3) is 0.182. The molecule has 1 aromatic carbocycles. The number of halogens is 1. The Bertz CT molecular complexity index is 304. The van der Waals surface area contributed by atoms with Gasteiger partial charge in [0.2, 0.25) is 0 Å². The molecule has 3 heteroatoms. The molecule has 0 radical (unpaired) electrons. The van der Waals surface area contributed by atoms with Crippen LogP contribution in [0.5, 0.6) is 0 Å². The van der Waals surface area contributed by atoms with Crippen LogP contribution < -0.4 is 0 Å². The van der Waals surface area contributed by atoms with Gasteiger partial charge in [-0.2, -0.15) is 0 Å². The summed E-state index contributed by atoms with van der Waals surface area (Å²) in [5.74, 6) is -2.01. The summed E-state index contributed by atoms with van der Waals surface area (Å²) in [5.41, 5.74) is 0.278. The smallest absolute Gasteiger partial charge is 0.331 e. The molecule has 0 aliphatic heterocycles. The van der Waals surface area contributed by atoms with Crippen LogP contribution in [-0.4, -0.2) is 11.1 Å². The second-order valence-corrected chi connectivity index (χ2v) is 2.20. The predicted octanol–water partition coefficient (Wildman–Crippen LogP) is 3.11. The Morgan fingerprint density at radius 3 is 2.21 bits per heavy atom. The van der Waals surface area contributed by atoms with E-state index in [1.165, 1.54) is 12.1 Å². The zero-order valence-electron chi connectivity index (χ0n) is 8.20. The first-order valence-electron chi connectivity index (χ1n) is 4.35. The maximum Gasteiger partial charge on any atom is 0.331 e. The highest BCUT2D eigenvalue weighted by Gasteiger charge is 2.00. The number of hydrogen-bond donors (Lipinski definition) is 1. The van der Waals surface area contributed by atoms with Gasteiger partial charge in [-0.25, -0.2) is 9.18 Å². The van der Waals surface area contributed by atoms with E-state index in [0.29, 0.717) is 6.08 Å². The molecular formula is C11H13FO2. The molecule has 2 nitrogen and oxygen atoms in total. The van der Waals surface area contributed by atoms with Crippen LogP contribution in [0.4, 0.5) is 4.39 Å². The summed E-state index contributed by atoms with van der Waals surface area (Å²) in [7, 11) is 0. The third kappa shape index (κ3) is 4.40. The molecule has 0 heterocycles. The molecule has 1 N–H and O–H groups in total. The van der Waals surface area contributed by atoms with Crippen molar-refractivity contribution in [1.29, 1.82) is 0 Å². The molecule has 14 heavy (non-hydrogen) atoms. The van der Waals surface area contributed by atoms with E-state index in [1.807, 2.05) is 13.8 Å². The van der Waals surface area contributed by atoms with Gasteiger partial charge in [-0.1, -0.05) is 44.2 Å². The Labute approximate surface area is 82.7 Å². The monoisotopic (exact) mass is 196 g/mol. The van der Waals surface area contributed by atoms with E-state index in [-0.39, 0.29) is 5.56 Å². The zero-order valence-corrected chi connectivity index (χ0v) is 8.20. The fourth-order valence-electron chi connectivity index (χ4n) is 0.789. The quantitative estimate of drug-likeness (QED) is 0.738. The minimum absolute atomic E-state index is 0.278. The molecule has 0 unspecified atom stereocenters. The third-order valence-corrected chi connectivity index (χ3v) is 1.30. The number of carboxylic acid groups (broad SMARTS) is 1. The van der Waals surface area contributed by atoms with Crippen molar-refractivity contribution < 1.29 is 14.3 Å². The number of hydrogen-bond acceptors (Lipinski definition) is 1. The molecule has 0 spiro atoms. The second-order valence-electron chi connectivity index (χ2n) is 2.20. The van der Waals surface area contributed by atoms with Gasteiger partial charge in [-0.3, -0.25) is 0 Å². The van der Waals surface area contributed by atoms with Crippen LogP contribution in [0.2, 0.25) is 0 Å². The molecule has 0 saturated carbocycles. The van der Waals surface area contributed by atoms with Crippen molar-refractivity contribution in [2.24, 2.45) is 0 Å². The average molecular weight is 196 g/mol. The van der Waals surface area contributed by atoms with Gasteiger partial charge in [0.15, 0.2) is 0 Å². The first-order chi connectivity index (χ1) is 6.70. The molecular weight excluding hydrogens is 183 g/mol. The second kappa shape index (κ2) is 6.83. The van der Waals surface area contributed by atoms with E-state index < -0.39 is 11.8 Å². The summed E-state index contributed by atoms with van der Waals surface area (Å²) >= 11 is 0. The summed E-state index contributed by atoms with van der Waals surface area (Å²) in [4.78, 5) is 10.1. The summed E-state index contributed by atoms with van der Waals surface area (Å²) in [6.07, 6.45) is 0.537. The minimum atomic E-state index is -1.28. The highest BCUT2D eigenvalue weighted by atomic mass is 19.1. The number of rotatable bonds is 2. The summed E-state index contributed by atoms with van der Waals surface area (Å²) in [6, 6.07) is 8.04. The zero-order chi connectivity index (χ0) is 11.0. The van der Waals surface area contributed by atoms with Gasteiger partial charge in [0.1, 0.15) is 5.83 Å². The number of benzene rings is 1. The number of carboxylic acids is 1. The lowest BCUT2D eigenvalue weighted by atomic mass is 10.2. The molecule has 0 aliphatic rings. The van der Waals surface area contributed by atoms with Crippen molar-refractivity contribution in [3.8, 4) is 0 Å². The van der Waals surface area contributed by atoms with Crippen molar-refractivity contribution in [3.63, 3.8) is 0 Å². The van der Waals surface area contributed by atoms with Crippen molar-refractivity contribution in [1.82, 2.24) is 0 Å². The lowest BCUT2D eigenvalue weighted by Gasteiger charge is -1.93. The molecule has 0 fully saturated rings. The summed E-state index contributed by atoms with van der Waals surface area (Å²) in [5, 5.41) is 8.23. The maximum atomic E-state index is 12.9. The lowest BCUT2D eigenvalue weighted by Crippen LogP contribution is -1.88. The van der Waals surface area contributed by atoms with Gasteiger partial charge in [0.25, 0.3) is 0 Å². The fourth-order valence-corrected chi connectivity index (χ4v) is 0.789. The Hall–Kier alpha value is -1.64.